The molecule has 2 N–H and O–H groups in total. The second-order valence-electron chi connectivity index (χ2n) is 4.02. The SMILES string of the molecule is COc1ccc(CCNC2=NCCN2)cc1OC. The Hall–Kier alpha value is -1.91. The van der Waals surface area contributed by atoms with Crippen molar-refractivity contribution in [3.8, 4) is 11.5 Å². The van der Waals surface area contributed by atoms with E-state index < -0.39 is 0 Å². The van der Waals surface area contributed by atoms with Crippen LogP contribution >= 0.6 is 0 Å². The Kier molecular flexibility index (Phi) is 4.28. The zero-order chi connectivity index (χ0) is 12.8. The Morgan fingerprint density at radius 2 is 2.11 bits per heavy atom. The normalized spacial score (nSPS) is 13.8. The van der Waals surface area contributed by atoms with Crippen LogP contribution in [0.15, 0.2) is 23.2 Å². The summed E-state index contributed by atoms with van der Waals surface area (Å²) in [5.41, 5.74) is 1.21. The maximum Gasteiger partial charge on any atom is 0.191 e. The van der Waals surface area contributed by atoms with Crippen LogP contribution in [0.25, 0.3) is 0 Å². The predicted octanol–water partition coefficient (Wildman–Crippen LogP) is 0.795. The first kappa shape index (κ1) is 12.5. The van der Waals surface area contributed by atoms with Crippen molar-refractivity contribution in [2.45, 2.75) is 6.42 Å². The maximum atomic E-state index is 5.28. The average Bonchev–Trinajstić information content (AvgIpc) is 2.91. The molecule has 0 atom stereocenters. The van der Waals surface area contributed by atoms with Gasteiger partial charge in [-0.1, -0.05) is 6.07 Å². The molecule has 0 bridgehead atoms. The van der Waals surface area contributed by atoms with Crippen molar-refractivity contribution in [3.05, 3.63) is 23.8 Å². The summed E-state index contributed by atoms with van der Waals surface area (Å²) >= 11 is 0. The van der Waals surface area contributed by atoms with Crippen LogP contribution in [0, 0.1) is 0 Å². The fraction of sp³-hybridized carbons (Fsp3) is 0.462. The number of aliphatic imine (C=N–C) groups is 1. The second-order valence-corrected chi connectivity index (χ2v) is 4.02. The van der Waals surface area contributed by atoms with Gasteiger partial charge in [0.1, 0.15) is 0 Å². The molecule has 5 nitrogen and oxygen atoms in total. The summed E-state index contributed by atoms with van der Waals surface area (Å²) in [5, 5.41) is 6.44. The number of nitrogens with one attached hydrogen (secondary N) is 2. The molecular weight excluding hydrogens is 230 g/mol. The molecule has 0 unspecified atom stereocenters. The molecule has 2 rings (SSSR count). The van der Waals surface area contributed by atoms with Crippen LogP contribution in [0.2, 0.25) is 0 Å². The summed E-state index contributed by atoms with van der Waals surface area (Å²) in [5.74, 6) is 2.43. The molecular formula is C13H19N3O2. The topological polar surface area (TPSA) is 54.9 Å². The summed E-state index contributed by atoms with van der Waals surface area (Å²) in [7, 11) is 3.29. The molecule has 0 saturated heterocycles. The first-order valence-electron chi connectivity index (χ1n) is 6.06. The number of hydrogen-bond donors (Lipinski definition) is 2. The van der Waals surface area contributed by atoms with Crippen LogP contribution in [0.5, 0.6) is 11.5 Å². The van der Waals surface area contributed by atoms with Gasteiger partial charge in [-0.2, -0.15) is 0 Å². The molecule has 0 aromatic heterocycles. The molecule has 1 aromatic rings. The van der Waals surface area contributed by atoms with Crippen LogP contribution < -0.4 is 20.1 Å². The Morgan fingerprint density at radius 1 is 1.28 bits per heavy atom. The summed E-state index contributed by atoms with van der Waals surface area (Å²) in [6.07, 6.45) is 0.918. The van der Waals surface area contributed by atoms with E-state index in [-0.39, 0.29) is 0 Å². The lowest BCUT2D eigenvalue weighted by atomic mass is 10.1. The molecule has 0 saturated carbocycles. The largest absolute Gasteiger partial charge is 0.493 e. The third kappa shape index (κ3) is 3.06. The van der Waals surface area contributed by atoms with Gasteiger partial charge in [0.2, 0.25) is 0 Å². The van der Waals surface area contributed by atoms with Crippen LogP contribution in [-0.2, 0) is 6.42 Å². The van der Waals surface area contributed by atoms with Crippen LogP contribution in [0.3, 0.4) is 0 Å². The summed E-state index contributed by atoms with van der Waals surface area (Å²) in [4.78, 5) is 4.28. The maximum absolute atomic E-state index is 5.28. The highest BCUT2D eigenvalue weighted by atomic mass is 16.5. The van der Waals surface area contributed by atoms with Gasteiger partial charge in [-0.25, -0.2) is 0 Å². The van der Waals surface area contributed by atoms with Gasteiger partial charge in [0, 0.05) is 13.1 Å². The first-order valence-corrected chi connectivity index (χ1v) is 6.06. The van der Waals surface area contributed by atoms with Gasteiger partial charge in [-0.15, -0.1) is 0 Å². The summed E-state index contributed by atoms with van der Waals surface area (Å²) in [6.45, 7) is 2.64. The molecule has 1 aromatic carbocycles. The highest BCUT2D eigenvalue weighted by Gasteiger charge is 2.06. The average molecular weight is 249 g/mol. The van der Waals surface area contributed by atoms with Gasteiger partial charge < -0.3 is 20.1 Å². The fourth-order valence-corrected chi connectivity index (χ4v) is 1.88. The molecule has 1 aliphatic rings. The number of guanidine groups is 1. The van der Waals surface area contributed by atoms with Crippen molar-refractivity contribution in [2.75, 3.05) is 33.9 Å². The van der Waals surface area contributed by atoms with E-state index in [1.807, 2.05) is 18.2 Å². The number of ether oxygens (including phenoxy) is 2. The summed E-state index contributed by atoms with van der Waals surface area (Å²) < 4.78 is 10.5. The quantitative estimate of drug-likeness (QED) is 0.810. The van der Waals surface area contributed by atoms with Gasteiger partial charge in [0.05, 0.1) is 20.8 Å². The van der Waals surface area contributed by atoms with E-state index in [0.717, 1.165) is 43.5 Å². The van der Waals surface area contributed by atoms with Crippen LogP contribution in [0.4, 0.5) is 0 Å². The second kappa shape index (κ2) is 6.14. The predicted molar refractivity (Wildman–Crippen MR) is 71.6 cm³/mol. The monoisotopic (exact) mass is 249 g/mol. The van der Waals surface area contributed by atoms with Gasteiger partial charge >= 0.3 is 0 Å². The highest BCUT2D eigenvalue weighted by Crippen LogP contribution is 2.27. The molecule has 0 radical (unpaired) electrons. The smallest absolute Gasteiger partial charge is 0.191 e. The minimum Gasteiger partial charge on any atom is -0.493 e. The molecule has 98 valence electrons. The Labute approximate surface area is 107 Å². The minimum absolute atomic E-state index is 0.760. The molecule has 0 spiro atoms. The number of rotatable bonds is 5. The minimum atomic E-state index is 0.760. The van der Waals surface area contributed by atoms with Gasteiger partial charge in [-0.3, -0.25) is 4.99 Å². The van der Waals surface area contributed by atoms with E-state index in [9.17, 15) is 0 Å². The number of methoxy groups -OCH3 is 2. The van der Waals surface area contributed by atoms with Crippen molar-refractivity contribution in [1.82, 2.24) is 10.6 Å². The van der Waals surface area contributed by atoms with Gasteiger partial charge in [0.25, 0.3) is 0 Å². The molecule has 0 aliphatic carbocycles. The summed E-state index contributed by atoms with van der Waals surface area (Å²) in [6, 6.07) is 5.98. The molecule has 0 fully saturated rings. The van der Waals surface area contributed by atoms with Crippen molar-refractivity contribution in [3.63, 3.8) is 0 Å². The van der Waals surface area contributed by atoms with Crippen molar-refractivity contribution < 1.29 is 9.47 Å². The molecule has 5 heteroatoms. The van der Waals surface area contributed by atoms with Gasteiger partial charge in [0.15, 0.2) is 17.5 Å². The van der Waals surface area contributed by atoms with E-state index >= 15 is 0 Å². The first-order chi connectivity index (χ1) is 8.83. The third-order valence-electron chi connectivity index (χ3n) is 2.83. The lowest BCUT2D eigenvalue weighted by Crippen LogP contribution is -2.34. The van der Waals surface area contributed by atoms with E-state index in [1.54, 1.807) is 14.2 Å². The van der Waals surface area contributed by atoms with Crippen molar-refractivity contribution in [1.29, 1.82) is 0 Å². The van der Waals surface area contributed by atoms with E-state index in [4.69, 9.17) is 9.47 Å². The lowest BCUT2D eigenvalue weighted by molar-refractivity contribution is 0.354. The fourth-order valence-electron chi connectivity index (χ4n) is 1.88. The van der Waals surface area contributed by atoms with Gasteiger partial charge in [-0.05, 0) is 24.1 Å². The van der Waals surface area contributed by atoms with E-state index in [0.29, 0.717) is 0 Å². The number of nitrogens with zero attached hydrogens (tertiary/aromatic N) is 1. The zero-order valence-electron chi connectivity index (χ0n) is 10.8. The van der Waals surface area contributed by atoms with Crippen molar-refractivity contribution in [2.24, 2.45) is 4.99 Å². The van der Waals surface area contributed by atoms with E-state index in [1.165, 1.54) is 5.56 Å². The lowest BCUT2D eigenvalue weighted by Gasteiger charge is -2.10. The molecule has 0 amide bonds. The van der Waals surface area contributed by atoms with Crippen LogP contribution in [-0.4, -0.2) is 39.8 Å². The highest BCUT2D eigenvalue weighted by molar-refractivity contribution is 5.81. The van der Waals surface area contributed by atoms with E-state index in [2.05, 4.69) is 15.6 Å². The number of benzene rings is 1. The molecule has 1 heterocycles. The number of hydrogen-bond acceptors (Lipinski definition) is 5. The Morgan fingerprint density at radius 3 is 2.78 bits per heavy atom. The standard InChI is InChI=1S/C13H19N3O2/c1-17-11-4-3-10(9-12(11)18-2)5-6-14-13-15-7-8-16-13/h3-4,9H,5-8H2,1-2H3,(H2,14,15,16). The molecule has 1 aliphatic heterocycles. The van der Waals surface area contributed by atoms with Crippen molar-refractivity contribution >= 4 is 5.96 Å². The Bertz CT molecular complexity index is 432. The Balaban J connectivity index is 1.88. The zero-order valence-corrected chi connectivity index (χ0v) is 10.8. The third-order valence-corrected chi connectivity index (χ3v) is 2.83. The van der Waals surface area contributed by atoms with Crippen LogP contribution in [0.1, 0.15) is 5.56 Å². The molecule has 18 heavy (non-hydrogen) atoms.